The van der Waals surface area contributed by atoms with E-state index in [9.17, 15) is 9.59 Å². The maximum Gasteiger partial charge on any atom is 0.253 e. The number of piperidine rings is 1. The van der Waals surface area contributed by atoms with Gasteiger partial charge in [0.1, 0.15) is 5.82 Å². The first kappa shape index (κ1) is 16.0. The average molecular weight is 354 g/mol. The standard InChI is InChI=1S/C18H18N4O2S/c1-11-20-15(8-17(23)21-11)13-3-2-6-22(9-13)18(24)12-4-5-14-16(7-12)25-10-19-14/h4-5,7-8,10,13H,2-3,6,9H2,1H3,(H,20,21,23)/t13-/m1/s1. The molecule has 1 N–H and O–H groups in total. The number of fused-ring (bicyclic) bond motifs is 1. The maximum atomic E-state index is 12.9. The highest BCUT2D eigenvalue weighted by atomic mass is 32.1. The van der Waals surface area contributed by atoms with E-state index in [4.69, 9.17) is 0 Å². The van der Waals surface area contributed by atoms with Crippen LogP contribution in [0.15, 0.2) is 34.6 Å². The molecule has 4 rings (SSSR count). The zero-order valence-electron chi connectivity index (χ0n) is 13.9. The van der Waals surface area contributed by atoms with Gasteiger partial charge in [-0.2, -0.15) is 0 Å². The second-order valence-electron chi connectivity index (χ2n) is 6.38. The second kappa shape index (κ2) is 6.40. The van der Waals surface area contributed by atoms with Crippen LogP contribution in [0.2, 0.25) is 0 Å². The molecule has 0 saturated carbocycles. The molecule has 1 aromatic carbocycles. The minimum absolute atomic E-state index is 0.0292. The molecule has 1 aliphatic rings. The Kier molecular flexibility index (Phi) is 4.09. The van der Waals surface area contributed by atoms with Gasteiger partial charge in [0, 0.05) is 30.6 Å². The number of thiazole rings is 1. The first-order chi connectivity index (χ1) is 12.1. The van der Waals surface area contributed by atoms with Gasteiger partial charge in [0.25, 0.3) is 11.5 Å². The van der Waals surface area contributed by atoms with Gasteiger partial charge in [0.2, 0.25) is 0 Å². The molecule has 3 heterocycles. The molecule has 128 valence electrons. The lowest BCUT2D eigenvalue weighted by atomic mass is 9.94. The van der Waals surface area contributed by atoms with Gasteiger partial charge >= 0.3 is 0 Å². The largest absolute Gasteiger partial charge is 0.338 e. The van der Waals surface area contributed by atoms with Crippen molar-refractivity contribution in [2.75, 3.05) is 13.1 Å². The molecule has 2 aromatic heterocycles. The third kappa shape index (κ3) is 3.19. The van der Waals surface area contributed by atoms with Crippen molar-refractivity contribution in [3.63, 3.8) is 0 Å². The Labute approximate surface area is 148 Å². The van der Waals surface area contributed by atoms with Crippen molar-refractivity contribution >= 4 is 27.5 Å². The molecular weight excluding hydrogens is 336 g/mol. The minimum atomic E-state index is -0.137. The van der Waals surface area contributed by atoms with Crippen LogP contribution in [0.1, 0.15) is 40.6 Å². The zero-order valence-corrected chi connectivity index (χ0v) is 14.7. The van der Waals surface area contributed by atoms with E-state index in [1.54, 1.807) is 18.5 Å². The van der Waals surface area contributed by atoms with Crippen molar-refractivity contribution in [3.05, 3.63) is 57.2 Å². The molecule has 0 bridgehead atoms. The van der Waals surface area contributed by atoms with Crippen LogP contribution in [0.5, 0.6) is 0 Å². The van der Waals surface area contributed by atoms with E-state index in [1.165, 1.54) is 11.3 Å². The number of nitrogens with one attached hydrogen (secondary N) is 1. The Morgan fingerprint density at radius 2 is 2.24 bits per heavy atom. The lowest BCUT2D eigenvalue weighted by molar-refractivity contribution is 0.0706. The van der Waals surface area contributed by atoms with Gasteiger partial charge in [-0.05, 0) is 38.0 Å². The smallest absolute Gasteiger partial charge is 0.253 e. The summed E-state index contributed by atoms with van der Waals surface area (Å²) in [7, 11) is 0. The number of benzene rings is 1. The third-order valence-electron chi connectivity index (χ3n) is 4.58. The summed E-state index contributed by atoms with van der Waals surface area (Å²) in [4.78, 5) is 37.9. The van der Waals surface area contributed by atoms with Crippen molar-refractivity contribution in [1.29, 1.82) is 0 Å². The van der Waals surface area contributed by atoms with Gasteiger partial charge in [-0.1, -0.05) is 0 Å². The van der Waals surface area contributed by atoms with Crippen LogP contribution in [0, 0.1) is 6.92 Å². The fourth-order valence-electron chi connectivity index (χ4n) is 3.39. The Morgan fingerprint density at radius 3 is 3.08 bits per heavy atom. The third-order valence-corrected chi connectivity index (χ3v) is 5.38. The van der Waals surface area contributed by atoms with Crippen LogP contribution in [-0.2, 0) is 0 Å². The summed E-state index contributed by atoms with van der Waals surface area (Å²) in [5.74, 6) is 0.744. The highest BCUT2D eigenvalue weighted by molar-refractivity contribution is 7.16. The highest BCUT2D eigenvalue weighted by Gasteiger charge is 2.27. The number of likely N-dealkylation sites (tertiary alicyclic amines) is 1. The average Bonchev–Trinajstić information content (AvgIpc) is 3.08. The van der Waals surface area contributed by atoms with Crippen LogP contribution in [0.3, 0.4) is 0 Å². The number of H-pyrrole nitrogens is 1. The molecule has 1 atom stereocenters. The Balaban J connectivity index is 1.57. The van der Waals surface area contributed by atoms with E-state index in [-0.39, 0.29) is 17.4 Å². The van der Waals surface area contributed by atoms with E-state index in [0.717, 1.165) is 35.3 Å². The lowest BCUT2D eigenvalue weighted by Gasteiger charge is -2.32. The predicted octanol–water partition coefficient (Wildman–Crippen LogP) is 2.71. The van der Waals surface area contributed by atoms with Gasteiger partial charge in [0.15, 0.2) is 0 Å². The van der Waals surface area contributed by atoms with E-state index >= 15 is 0 Å². The molecule has 7 heteroatoms. The second-order valence-corrected chi connectivity index (χ2v) is 7.27. The fourth-order valence-corrected chi connectivity index (χ4v) is 4.10. The van der Waals surface area contributed by atoms with Crippen LogP contribution in [0.25, 0.3) is 10.2 Å². The summed E-state index contributed by atoms with van der Waals surface area (Å²) in [6.07, 6.45) is 1.85. The number of rotatable bonds is 2. The number of aromatic amines is 1. The fraction of sp³-hybridized carbons (Fsp3) is 0.333. The highest BCUT2D eigenvalue weighted by Crippen LogP contribution is 2.27. The Bertz CT molecular complexity index is 994. The van der Waals surface area contributed by atoms with Crippen molar-refractivity contribution in [1.82, 2.24) is 19.9 Å². The van der Waals surface area contributed by atoms with E-state index < -0.39 is 0 Å². The molecule has 6 nitrogen and oxygen atoms in total. The van der Waals surface area contributed by atoms with Crippen molar-refractivity contribution < 1.29 is 4.79 Å². The molecular formula is C18H18N4O2S. The van der Waals surface area contributed by atoms with Crippen molar-refractivity contribution in [2.45, 2.75) is 25.7 Å². The van der Waals surface area contributed by atoms with E-state index in [1.807, 2.05) is 23.1 Å². The maximum absolute atomic E-state index is 12.9. The van der Waals surface area contributed by atoms with Crippen molar-refractivity contribution in [3.8, 4) is 0 Å². The lowest BCUT2D eigenvalue weighted by Crippen LogP contribution is -2.39. The van der Waals surface area contributed by atoms with Gasteiger partial charge < -0.3 is 9.88 Å². The van der Waals surface area contributed by atoms with Gasteiger partial charge in [-0.3, -0.25) is 9.59 Å². The SMILES string of the molecule is Cc1nc([C@@H]2CCCN(C(=O)c3ccc4ncsc4c3)C2)cc(=O)[nH]1. The van der Waals surface area contributed by atoms with Gasteiger partial charge in [0.05, 0.1) is 21.4 Å². The summed E-state index contributed by atoms with van der Waals surface area (Å²) in [5, 5.41) is 0. The molecule has 3 aromatic rings. The number of carbonyl (C=O) groups is 1. The quantitative estimate of drug-likeness (QED) is 0.767. The molecule has 1 aliphatic heterocycles. The number of carbonyl (C=O) groups excluding carboxylic acids is 1. The molecule has 1 fully saturated rings. The Hall–Kier alpha value is -2.54. The molecule has 0 radical (unpaired) electrons. The summed E-state index contributed by atoms with van der Waals surface area (Å²) in [5.41, 5.74) is 4.03. The molecule has 0 unspecified atom stereocenters. The van der Waals surface area contributed by atoms with Crippen molar-refractivity contribution in [2.24, 2.45) is 0 Å². The van der Waals surface area contributed by atoms with Gasteiger partial charge in [-0.15, -0.1) is 11.3 Å². The predicted molar refractivity (Wildman–Crippen MR) is 97.1 cm³/mol. The van der Waals surface area contributed by atoms with Crippen LogP contribution in [0.4, 0.5) is 0 Å². The molecule has 1 saturated heterocycles. The number of hydrogen-bond acceptors (Lipinski definition) is 5. The number of aryl methyl sites for hydroxylation is 1. The van der Waals surface area contributed by atoms with Crippen LogP contribution < -0.4 is 5.56 Å². The first-order valence-electron chi connectivity index (χ1n) is 8.30. The molecule has 0 aliphatic carbocycles. The normalized spacial score (nSPS) is 17.8. The van der Waals surface area contributed by atoms with Crippen LogP contribution in [-0.4, -0.2) is 38.8 Å². The van der Waals surface area contributed by atoms with E-state index in [2.05, 4.69) is 15.0 Å². The summed E-state index contributed by atoms with van der Waals surface area (Å²) in [6, 6.07) is 7.19. The summed E-state index contributed by atoms with van der Waals surface area (Å²) in [6.45, 7) is 3.11. The first-order valence-corrected chi connectivity index (χ1v) is 9.18. The number of nitrogens with zero attached hydrogens (tertiary/aromatic N) is 3. The minimum Gasteiger partial charge on any atom is -0.338 e. The van der Waals surface area contributed by atoms with Gasteiger partial charge in [-0.25, -0.2) is 9.97 Å². The van der Waals surface area contributed by atoms with Crippen LogP contribution >= 0.6 is 11.3 Å². The summed E-state index contributed by atoms with van der Waals surface area (Å²) < 4.78 is 1.02. The molecule has 1 amide bonds. The number of aromatic nitrogens is 3. The summed E-state index contributed by atoms with van der Waals surface area (Å²) >= 11 is 1.54. The van der Waals surface area contributed by atoms with E-state index in [0.29, 0.717) is 17.9 Å². The molecule has 0 spiro atoms. The zero-order chi connectivity index (χ0) is 17.4. The molecule has 25 heavy (non-hydrogen) atoms. The number of hydrogen-bond donors (Lipinski definition) is 1. The Morgan fingerprint density at radius 1 is 1.36 bits per heavy atom. The monoisotopic (exact) mass is 354 g/mol. The number of amides is 1. The topological polar surface area (TPSA) is 79.0 Å².